The van der Waals surface area contributed by atoms with E-state index in [4.69, 9.17) is 9.47 Å². The van der Waals surface area contributed by atoms with Crippen LogP contribution in [0.15, 0.2) is 23.8 Å². The number of carbonyl (C=O) groups is 1. The van der Waals surface area contributed by atoms with E-state index in [2.05, 4.69) is 19.9 Å². The fraction of sp³-hybridized carbons (Fsp3) is 0.700. The lowest BCUT2D eigenvalue weighted by Gasteiger charge is -2.30. The minimum absolute atomic E-state index is 0.00345. The summed E-state index contributed by atoms with van der Waals surface area (Å²) in [7, 11) is 0. The van der Waals surface area contributed by atoms with Crippen LogP contribution in [0.4, 0.5) is 8.78 Å². The molecule has 35 heavy (non-hydrogen) atoms. The summed E-state index contributed by atoms with van der Waals surface area (Å²) in [6, 6.07) is 3.25. The fourth-order valence-electron chi connectivity index (χ4n) is 6.59. The molecule has 2 fully saturated rings. The first-order valence-corrected chi connectivity index (χ1v) is 14.0. The van der Waals surface area contributed by atoms with Crippen molar-refractivity contribution in [3.8, 4) is 5.75 Å². The molecule has 3 aliphatic rings. The molecule has 3 atom stereocenters. The van der Waals surface area contributed by atoms with Gasteiger partial charge in [-0.1, -0.05) is 57.2 Å². The van der Waals surface area contributed by atoms with Crippen LogP contribution in [0.1, 0.15) is 109 Å². The van der Waals surface area contributed by atoms with Gasteiger partial charge in [-0.15, -0.1) is 0 Å². The predicted octanol–water partition coefficient (Wildman–Crippen LogP) is 8.27. The molecule has 0 aromatic heterocycles. The summed E-state index contributed by atoms with van der Waals surface area (Å²) in [5.74, 6) is -0.739. The van der Waals surface area contributed by atoms with Gasteiger partial charge in [-0.05, 0) is 87.2 Å². The van der Waals surface area contributed by atoms with Crippen LogP contribution in [0, 0.1) is 29.4 Å². The maximum atomic E-state index is 14.9. The Morgan fingerprint density at radius 1 is 0.943 bits per heavy atom. The molecule has 0 amide bonds. The number of carbonyl (C=O) groups excluding carboxylic acids is 1. The van der Waals surface area contributed by atoms with Crippen LogP contribution >= 0.6 is 0 Å². The van der Waals surface area contributed by atoms with Crippen molar-refractivity contribution in [1.82, 2.24) is 0 Å². The maximum Gasteiger partial charge on any atom is 0.309 e. The SMILES string of the molecule is CCCCCCOc1ccc(C2CCC(OC(=O)C3CCC4C(CCC)=CCC34)CC2)c(F)c1F. The largest absolute Gasteiger partial charge is 0.490 e. The lowest BCUT2D eigenvalue weighted by Crippen LogP contribution is -2.29. The van der Waals surface area contributed by atoms with E-state index in [0.717, 1.165) is 57.8 Å². The minimum Gasteiger partial charge on any atom is -0.490 e. The first-order valence-electron chi connectivity index (χ1n) is 14.0. The summed E-state index contributed by atoms with van der Waals surface area (Å²) in [6.07, 6.45) is 14.5. The molecule has 0 saturated heterocycles. The molecule has 0 N–H and O–H groups in total. The Labute approximate surface area is 209 Å². The van der Waals surface area contributed by atoms with Crippen LogP contribution in [-0.4, -0.2) is 18.7 Å². The Kier molecular flexibility index (Phi) is 9.24. The minimum atomic E-state index is -0.880. The van der Waals surface area contributed by atoms with Crippen LogP contribution < -0.4 is 4.74 Å². The second-order valence-electron chi connectivity index (χ2n) is 10.8. The number of esters is 1. The highest BCUT2D eigenvalue weighted by atomic mass is 19.2. The third-order valence-corrected chi connectivity index (χ3v) is 8.52. The summed E-state index contributed by atoms with van der Waals surface area (Å²) < 4.78 is 40.9. The first kappa shape index (κ1) is 26.2. The van der Waals surface area contributed by atoms with E-state index in [1.165, 1.54) is 0 Å². The average Bonchev–Trinajstić information content (AvgIpc) is 3.45. The topological polar surface area (TPSA) is 35.5 Å². The smallest absolute Gasteiger partial charge is 0.309 e. The monoisotopic (exact) mass is 488 g/mol. The summed E-state index contributed by atoms with van der Waals surface area (Å²) in [6.45, 7) is 4.75. The molecule has 3 nitrogen and oxygen atoms in total. The van der Waals surface area contributed by atoms with Crippen molar-refractivity contribution in [3.63, 3.8) is 0 Å². The van der Waals surface area contributed by atoms with E-state index >= 15 is 0 Å². The highest BCUT2D eigenvalue weighted by Gasteiger charge is 2.44. The average molecular weight is 489 g/mol. The zero-order chi connectivity index (χ0) is 24.8. The predicted molar refractivity (Wildman–Crippen MR) is 134 cm³/mol. The number of hydrogen-bond donors (Lipinski definition) is 0. The molecule has 3 aliphatic carbocycles. The van der Waals surface area contributed by atoms with Crippen molar-refractivity contribution < 1.29 is 23.0 Å². The second-order valence-corrected chi connectivity index (χ2v) is 10.8. The number of hydrogen-bond acceptors (Lipinski definition) is 3. The highest BCUT2D eigenvalue weighted by Crippen LogP contribution is 2.49. The summed E-state index contributed by atoms with van der Waals surface area (Å²) in [5.41, 5.74) is 1.97. The van der Waals surface area contributed by atoms with E-state index in [-0.39, 0.29) is 29.7 Å². The van der Waals surface area contributed by atoms with Gasteiger partial charge in [-0.3, -0.25) is 4.79 Å². The number of halogens is 2. The number of rotatable bonds is 11. The van der Waals surface area contributed by atoms with Crippen molar-refractivity contribution in [2.24, 2.45) is 17.8 Å². The molecule has 3 unspecified atom stereocenters. The molecule has 1 aromatic rings. The summed E-state index contributed by atoms with van der Waals surface area (Å²) in [4.78, 5) is 13.0. The van der Waals surface area contributed by atoms with E-state index in [9.17, 15) is 13.6 Å². The van der Waals surface area contributed by atoms with Crippen LogP contribution in [-0.2, 0) is 9.53 Å². The van der Waals surface area contributed by atoms with Crippen LogP contribution in [0.2, 0.25) is 0 Å². The zero-order valence-electron chi connectivity index (χ0n) is 21.5. The second kappa shape index (κ2) is 12.4. The van der Waals surface area contributed by atoms with E-state index in [1.54, 1.807) is 17.7 Å². The molecule has 0 radical (unpaired) electrons. The van der Waals surface area contributed by atoms with Crippen molar-refractivity contribution in [1.29, 1.82) is 0 Å². The molecule has 0 spiro atoms. The van der Waals surface area contributed by atoms with Gasteiger partial charge in [0.2, 0.25) is 5.82 Å². The standard InChI is InChI=1S/C30H42F2O3/c1-3-5-6-7-19-34-27-18-17-24(28(31)29(27)32)21-9-12-22(13-10-21)35-30(33)26-16-15-23-20(8-4-2)11-14-25(23)26/h11,17-18,21-23,25-26H,3-10,12-16,19H2,1-2H3. The number of unbranched alkanes of at least 4 members (excludes halogenated alkanes) is 3. The normalized spacial score (nSPS) is 28.0. The lowest BCUT2D eigenvalue weighted by molar-refractivity contribution is -0.157. The van der Waals surface area contributed by atoms with E-state index in [0.29, 0.717) is 49.7 Å². The Balaban J connectivity index is 1.25. The van der Waals surface area contributed by atoms with Gasteiger partial charge in [0.25, 0.3) is 0 Å². The van der Waals surface area contributed by atoms with Gasteiger partial charge in [0.1, 0.15) is 6.10 Å². The summed E-state index contributed by atoms with van der Waals surface area (Å²) >= 11 is 0. The Bertz CT molecular complexity index is 888. The molecule has 0 heterocycles. The third kappa shape index (κ3) is 6.09. The Morgan fingerprint density at radius 2 is 1.74 bits per heavy atom. The van der Waals surface area contributed by atoms with Crippen molar-refractivity contribution in [2.45, 2.75) is 109 Å². The number of fused-ring (bicyclic) bond motifs is 1. The first-order chi connectivity index (χ1) is 17.0. The van der Waals surface area contributed by atoms with Crippen LogP contribution in [0.5, 0.6) is 5.75 Å². The maximum absolute atomic E-state index is 14.9. The molecular formula is C30H42F2O3. The molecule has 5 heteroatoms. The van der Waals surface area contributed by atoms with E-state index < -0.39 is 11.6 Å². The summed E-state index contributed by atoms with van der Waals surface area (Å²) in [5, 5.41) is 0. The van der Waals surface area contributed by atoms with Crippen molar-refractivity contribution in [2.75, 3.05) is 6.61 Å². The molecule has 194 valence electrons. The van der Waals surface area contributed by atoms with Gasteiger partial charge in [-0.25, -0.2) is 4.39 Å². The van der Waals surface area contributed by atoms with Gasteiger partial charge in [0, 0.05) is 0 Å². The highest BCUT2D eigenvalue weighted by molar-refractivity contribution is 5.74. The van der Waals surface area contributed by atoms with Gasteiger partial charge >= 0.3 is 5.97 Å². The molecule has 4 rings (SSSR count). The van der Waals surface area contributed by atoms with Crippen molar-refractivity contribution >= 4 is 5.97 Å². The number of ether oxygens (including phenoxy) is 2. The zero-order valence-corrected chi connectivity index (χ0v) is 21.5. The Morgan fingerprint density at radius 3 is 2.49 bits per heavy atom. The third-order valence-electron chi connectivity index (χ3n) is 8.52. The fourth-order valence-corrected chi connectivity index (χ4v) is 6.59. The quantitative estimate of drug-likeness (QED) is 0.179. The molecule has 1 aromatic carbocycles. The van der Waals surface area contributed by atoms with Gasteiger partial charge in [-0.2, -0.15) is 4.39 Å². The Hall–Kier alpha value is -1.91. The van der Waals surface area contributed by atoms with Gasteiger partial charge in [0.15, 0.2) is 11.6 Å². The molecule has 2 saturated carbocycles. The van der Waals surface area contributed by atoms with E-state index in [1.807, 2.05) is 0 Å². The van der Waals surface area contributed by atoms with Crippen LogP contribution in [0.25, 0.3) is 0 Å². The molecule has 0 aliphatic heterocycles. The van der Waals surface area contributed by atoms with Crippen LogP contribution in [0.3, 0.4) is 0 Å². The lowest BCUT2D eigenvalue weighted by atomic mass is 9.82. The van der Waals surface area contributed by atoms with Gasteiger partial charge in [0.05, 0.1) is 12.5 Å². The number of allylic oxidation sites excluding steroid dienone is 2. The van der Waals surface area contributed by atoms with Crippen molar-refractivity contribution in [3.05, 3.63) is 41.0 Å². The van der Waals surface area contributed by atoms with Gasteiger partial charge < -0.3 is 9.47 Å². The molecule has 0 bridgehead atoms. The number of benzene rings is 1. The molecular weight excluding hydrogens is 446 g/mol.